The molecule has 7 heteroatoms. The predicted molar refractivity (Wildman–Crippen MR) is 146 cm³/mol. The fourth-order valence-electron chi connectivity index (χ4n) is 6.88. The Morgan fingerprint density at radius 2 is 1.20 bits per heavy atom. The molecule has 1 aromatic rings. The summed E-state index contributed by atoms with van der Waals surface area (Å²) in [5.74, 6) is 2.49. The average Bonchev–Trinajstić information content (AvgIpc) is 2.97. The summed E-state index contributed by atoms with van der Waals surface area (Å²) in [7, 11) is -3.95. The highest BCUT2D eigenvalue weighted by Crippen LogP contribution is 2.50. The summed E-state index contributed by atoms with van der Waals surface area (Å²) in [6.07, 6.45) is 2.18. The molecule has 1 atom stereocenters. The first kappa shape index (κ1) is 26.0. The van der Waals surface area contributed by atoms with Gasteiger partial charge < -0.3 is 9.31 Å². The molecule has 0 aromatic heterocycles. The fraction of sp³-hybridized carbons (Fsp3) is 0.739. The quantitative estimate of drug-likeness (QED) is 0.339. The summed E-state index contributed by atoms with van der Waals surface area (Å²) in [4.78, 5) is 0. The fourth-order valence-corrected chi connectivity index (χ4v) is 106. The smallest absolute Gasteiger partial charge is 0.523 e. The van der Waals surface area contributed by atoms with Crippen LogP contribution < -0.4 is 9.31 Å². The van der Waals surface area contributed by atoms with E-state index in [1.165, 1.54) is 12.5 Å². The van der Waals surface area contributed by atoms with E-state index in [9.17, 15) is 0 Å². The normalized spacial score (nSPS) is 17.4. The maximum atomic E-state index is 6.13. The molecule has 0 saturated heterocycles. The highest BCUT2D eigenvalue weighted by atomic mass is 29.9. The van der Waals surface area contributed by atoms with Gasteiger partial charge in [-0.1, -0.05) is 97.9 Å². The Labute approximate surface area is 191 Å². The van der Waals surface area contributed by atoms with Crippen molar-refractivity contribution in [3.8, 4) is 11.5 Å². The van der Waals surface area contributed by atoms with Crippen molar-refractivity contribution < 1.29 is 9.31 Å². The molecule has 1 aliphatic rings. The van der Waals surface area contributed by atoms with Gasteiger partial charge in [0.05, 0.1) is 0 Å². The third-order valence-electron chi connectivity index (χ3n) is 8.22. The van der Waals surface area contributed by atoms with Crippen molar-refractivity contribution in [2.45, 2.75) is 98.5 Å². The summed E-state index contributed by atoms with van der Waals surface area (Å²) in [6.45, 7) is 30.6. The Morgan fingerprint density at radius 1 is 0.800 bits per heavy atom. The molecule has 0 fully saturated rings. The standard InChI is InChI=1S/C23H47BO2Si4/c1-20(2)23(3,17-18-24-25-21-15-13-14-16-22(21)26-24)19-30(27(4,5)6,28(7,8)9)29(10,11)12/h13-16,20H,17-19H2,1-12H3. The van der Waals surface area contributed by atoms with Crippen molar-refractivity contribution in [1.82, 2.24) is 0 Å². The average molecular weight is 479 g/mol. The third-order valence-corrected chi connectivity index (χ3v) is 82.4. The molecule has 2 rings (SSSR count). The Balaban J connectivity index is 2.33. The minimum Gasteiger partial charge on any atom is -0.523 e. The van der Waals surface area contributed by atoms with Gasteiger partial charge in [0, 0.05) is 35.7 Å². The Kier molecular flexibility index (Phi) is 7.45. The van der Waals surface area contributed by atoms with E-state index in [0.29, 0.717) is 11.3 Å². The van der Waals surface area contributed by atoms with Crippen LogP contribution in [0.15, 0.2) is 24.3 Å². The van der Waals surface area contributed by atoms with Gasteiger partial charge >= 0.3 is 7.12 Å². The van der Waals surface area contributed by atoms with Gasteiger partial charge in [0.25, 0.3) is 0 Å². The molecule has 170 valence electrons. The summed E-state index contributed by atoms with van der Waals surface area (Å²) < 4.78 is 12.3. The molecule has 1 heterocycles. The van der Waals surface area contributed by atoms with Gasteiger partial charge in [0.15, 0.2) is 0 Å². The van der Waals surface area contributed by atoms with E-state index in [0.717, 1.165) is 17.8 Å². The van der Waals surface area contributed by atoms with Crippen LogP contribution in [0, 0.1) is 11.3 Å². The van der Waals surface area contributed by atoms with Crippen LogP contribution >= 0.6 is 0 Å². The molecule has 30 heavy (non-hydrogen) atoms. The summed E-state index contributed by atoms with van der Waals surface area (Å²) in [5, 5.41) is 0. The van der Waals surface area contributed by atoms with E-state index in [1.54, 1.807) is 0 Å². The lowest BCUT2D eigenvalue weighted by Gasteiger charge is -2.61. The topological polar surface area (TPSA) is 18.5 Å². The van der Waals surface area contributed by atoms with Gasteiger partial charge in [-0.2, -0.15) is 0 Å². The van der Waals surface area contributed by atoms with Gasteiger partial charge in [-0.05, 0) is 29.9 Å². The van der Waals surface area contributed by atoms with Crippen LogP contribution in [0.3, 0.4) is 0 Å². The first-order valence-corrected chi connectivity index (χ1v) is 27.6. The van der Waals surface area contributed by atoms with Crippen molar-refractivity contribution in [3.05, 3.63) is 24.3 Å². The molecule has 0 bridgehead atoms. The van der Waals surface area contributed by atoms with E-state index >= 15 is 0 Å². The predicted octanol–water partition coefficient (Wildman–Crippen LogP) is 7.70. The van der Waals surface area contributed by atoms with Crippen LogP contribution in [0.2, 0.25) is 71.3 Å². The molecule has 0 N–H and O–H groups in total. The Hall–Kier alpha value is -0.248. The number of hydrogen-bond donors (Lipinski definition) is 0. The number of hydrogen-bond acceptors (Lipinski definition) is 2. The van der Waals surface area contributed by atoms with Gasteiger partial charge in [-0.25, -0.2) is 0 Å². The highest BCUT2D eigenvalue weighted by Gasteiger charge is 2.63. The number of rotatable bonds is 9. The van der Waals surface area contributed by atoms with E-state index in [2.05, 4.69) is 79.7 Å². The van der Waals surface area contributed by atoms with Gasteiger partial charge in [0.1, 0.15) is 11.5 Å². The Morgan fingerprint density at radius 3 is 1.53 bits per heavy atom. The van der Waals surface area contributed by atoms with Crippen molar-refractivity contribution in [2.75, 3.05) is 0 Å². The molecular formula is C23H47BO2Si4. The maximum absolute atomic E-state index is 6.13. The van der Waals surface area contributed by atoms with Crippen LogP contribution in [0.1, 0.15) is 27.2 Å². The maximum Gasteiger partial charge on any atom is 0.594 e. The van der Waals surface area contributed by atoms with Crippen molar-refractivity contribution in [1.29, 1.82) is 0 Å². The molecule has 0 spiro atoms. The molecule has 1 aliphatic heterocycles. The zero-order chi connectivity index (χ0) is 23.2. The SMILES string of the molecule is CC(C)C(C)(CCB1Oc2ccccc2O1)C[Si]([Si](C)(C)C)([Si](C)(C)C)[Si](C)(C)C. The van der Waals surface area contributed by atoms with Crippen molar-refractivity contribution in [3.63, 3.8) is 0 Å². The van der Waals surface area contributed by atoms with Crippen LogP contribution in [0.25, 0.3) is 0 Å². The van der Waals surface area contributed by atoms with E-state index in [4.69, 9.17) is 9.31 Å². The lowest BCUT2D eigenvalue weighted by molar-refractivity contribution is 0.234. The Bertz CT molecular complexity index is 673. The molecule has 0 radical (unpaired) electrons. The first-order chi connectivity index (χ1) is 13.4. The van der Waals surface area contributed by atoms with Gasteiger partial charge in [0.2, 0.25) is 0 Å². The van der Waals surface area contributed by atoms with Crippen molar-refractivity contribution in [2.24, 2.45) is 11.3 Å². The highest BCUT2D eigenvalue weighted by molar-refractivity contribution is 7.89. The monoisotopic (exact) mass is 478 g/mol. The lowest BCUT2D eigenvalue weighted by atomic mass is 9.70. The second-order valence-corrected chi connectivity index (χ2v) is 54.6. The molecule has 1 unspecified atom stereocenters. The molecule has 0 amide bonds. The molecule has 1 aromatic carbocycles. The number of fused-ring (bicyclic) bond motifs is 1. The van der Waals surface area contributed by atoms with E-state index in [-0.39, 0.29) is 7.12 Å². The van der Waals surface area contributed by atoms with Crippen LogP contribution in [-0.2, 0) is 0 Å². The zero-order valence-corrected chi connectivity index (χ0v) is 25.9. The molecular weight excluding hydrogens is 431 g/mol. The molecule has 0 saturated carbocycles. The second kappa shape index (κ2) is 8.60. The summed E-state index contributed by atoms with van der Waals surface area (Å²) >= 11 is 0. The summed E-state index contributed by atoms with van der Waals surface area (Å²) in [6, 6.07) is 9.61. The van der Waals surface area contributed by atoms with Crippen LogP contribution in [0.5, 0.6) is 11.5 Å². The lowest BCUT2D eigenvalue weighted by Crippen LogP contribution is -2.83. The molecule has 2 nitrogen and oxygen atoms in total. The van der Waals surface area contributed by atoms with Crippen LogP contribution in [0.4, 0.5) is 0 Å². The minimum atomic E-state index is -1.40. The number of benzene rings is 1. The third kappa shape index (κ3) is 4.89. The van der Waals surface area contributed by atoms with Gasteiger partial charge in [-0.15, -0.1) is 0 Å². The molecule has 0 aliphatic carbocycles. The first-order valence-electron chi connectivity index (χ1n) is 11.9. The van der Waals surface area contributed by atoms with Crippen molar-refractivity contribution >= 4 is 36.5 Å². The number of para-hydroxylation sites is 2. The van der Waals surface area contributed by atoms with Crippen LogP contribution in [-0.4, -0.2) is 36.5 Å². The van der Waals surface area contributed by atoms with E-state index < -0.39 is 29.4 Å². The zero-order valence-electron chi connectivity index (χ0n) is 21.9. The summed E-state index contributed by atoms with van der Waals surface area (Å²) in [5.41, 5.74) is 0.356. The van der Waals surface area contributed by atoms with Gasteiger partial charge in [-0.3, -0.25) is 0 Å². The van der Waals surface area contributed by atoms with E-state index in [1.807, 2.05) is 24.3 Å². The minimum absolute atomic E-state index is 0.123. The second-order valence-electron chi connectivity index (χ2n) is 13.3. The largest absolute Gasteiger partial charge is 0.594 e.